The fraction of sp³-hybridized carbons (Fsp3) is 0.0556. The Kier molecular flexibility index (Phi) is 5.75. The van der Waals surface area contributed by atoms with Crippen LogP contribution in [-0.2, 0) is 0 Å². The maximum absolute atomic E-state index is 6.04. The van der Waals surface area contributed by atoms with E-state index in [1.807, 2.05) is 42.5 Å². The van der Waals surface area contributed by atoms with Gasteiger partial charge in [-0.25, -0.2) is 4.99 Å². The van der Waals surface area contributed by atoms with Gasteiger partial charge in [-0.15, -0.1) is 17.0 Å². The largest absolute Gasteiger partial charge is 0.387 e. The molecular formula is C18H16Br2N2. The minimum Gasteiger partial charge on any atom is -0.387 e. The Balaban J connectivity index is 0.00000176. The summed E-state index contributed by atoms with van der Waals surface area (Å²) in [5.41, 5.74) is 10.7. The summed E-state index contributed by atoms with van der Waals surface area (Å²) in [5, 5.41) is 0. The van der Waals surface area contributed by atoms with E-state index in [4.69, 9.17) is 5.73 Å². The van der Waals surface area contributed by atoms with Gasteiger partial charge < -0.3 is 5.73 Å². The molecule has 0 bridgehead atoms. The molecule has 0 radical (unpaired) electrons. The van der Waals surface area contributed by atoms with Gasteiger partial charge in [0.15, 0.2) is 0 Å². The van der Waals surface area contributed by atoms with Gasteiger partial charge >= 0.3 is 0 Å². The molecule has 1 heterocycles. The van der Waals surface area contributed by atoms with Crippen molar-refractivity contribution in [2.24, 2.45) is 10.7 Å². The SMILES string of the molecule is Br.NC1=NC(Br)=CC(c2ccccc2)=C(c2ccccc2)C1. The van der Waals surface area contributed by atoms with Gasteiger partial charge in [0.2, 0.25) is 0 Å². The summed E-state index contributed by atoms with van der Waals surface area (Å²) in [6.07, 6.45) is 2.68. The molecule has 0 spiro atoms. The number of hydrogen-bond donors (Lipinski definition) is 1. The molecule has 1 aliphatic heterocycles. The number of allylic oxidation sites excluding steroid dienone is 2. The number of halogens is 2. The highest BCUT2D eigenvalue weighted by atomic mass is 79.9. The van der Waals surface area contributed by atoms with E-state index in [9.17, 15) is 0 Å². The van der Waals surface area contributed by atoms with Gasteiger partial charge in [0.25, 0.3) is 0 Å². The highest BCUT2D eigenvalue weighted by molar-refractivity contribution is 9.11. The second kappa shape index (κ2) is 7.56. The Morgan fingerprint density at radius 2 is 1.41 bits per heavy atom. The van der Waals surface area contributed by atoms with Crippen LogP contribution in [0.1, 0.15) is 17.5 Å². The zero-order chi connectivity index (χ0) is 14.7. The number of nitrogens with zero attached hydrogens (tertiary/aromatic N) is 1. The van der Waals surface area contributed by atoms with Crippen LogP contribution in [0.3, 0.4) is 0 Å². The molecule has 0 unspecified atom stereocenters. The highest BCUT2D eigenvalue weighted by Crippen LogP contribution is 2.34. The van der Waals surface area contributed by atoms with Gasteiger partial charge in [0.1, 0.15) is 10.4 Å². The second-order valence-corrected chi connectivity index (χ2v) is 5.68. The molecule has 0 amide bonds. The van der Waals surface area contributed by atoms with E-state index in [0.29, 0.717) is 12.3 Å². The van der Waals surface area contributed by atoms with E-state index in [1.54, 1.807) is 0 Å². The van der Waals surface area contributed by atoms with Gasteiger partial charge in [-0.1, -0.05) is 60.7 Å². The van der Waals surface area contributed by atoms with E-state index >= 15 is 0 Å². The van der Waals surface area contributed by atoms with Gasteiger partial charge in [-0.3, -0.25) is 0 Å². The maximum atomic E-state index is 6.04. The molecular weight excluding hydrogens is 404 g/mol. The summed E-state index contributed by atoms with van der Waals surface area (Å²) in [6.45, 7) is 0. The molecule has 0 aromatic heterocycles. The molecule has 0 fully saturated rings. The summed E-state index contributed by atoms with van der Waals surface area (Å²) in [7, 11) is 0. The smallest absolute Gasteiger partial charge is 0.108 e. The van der Waals surface area contributed by atoms with Crippen LogP contribution in [0.4, 0.5) is 0 Å². The van der Waals surface area contributed by atoms with Crippen molar-refractivity contribution < 1.29 is 0 Å². The third kappa shape index (κ3) is 3.76. The molecule has 2 aromatic carbocycles. The molecule has 112 valence electrons. The maximum Gasteiger partial charge on any atom is 0.108 e. The molecule has 0 atom stereocenters. The Hall–Kier alpha value is -1.65. The first kappa shape index (κ1) is 16.7. The normalized spacial score (nSPS) is 14.6. The van der Waals surface area contributed by atoms with Crippen molar-refractivity contribution >= 4 is 49.9 Å². The van der Waals surface area contributed by atoms with Crippen LogP contribution in [0.25, 0.3) is 11.1 Å². The average Bonchev–Trinajstić information content (AvgIpc) is 2.67. The molecule has 22 heavy (non-hydrogen) atoms. The minimum atomic E-state index is 0. The molecule has 0 saturated carbocycles. The summed E-state index contributed by atoms with van der Waals surface area (Å²) < 4.78 is 0.754. The average molecular weight is 420 g/mol. The molecule has 2 N–H and O–H groups in total. The van der Waals surface area contributed by atoms with E-state index in [-0.39, 0.29) is 17.0 Å². The van der Waals surface area contributed by atoms with E-state index in [1.165, 1.54) is 16.7 Å². The highest BCUT2D eigenvalue weighted by Gasteiger charge is 2.15. The van der Waals surface area contributed by atoms with Gasteiger partial charge in [-0.2, -0.15) is 0 Å². The number of benzene rings is 2. The van der Waals surface area contributed by atoms with Crippen LogP contribution < -0.4 is 5.73 Å². The van der Waals surface area contributed by atoms with Crippen LogP contribution >= 0.6 is 32.9 Å². The Morgan fingerprint density at radius 3 is 2.00 bits per heavy atom. The molecule has 3 rings (SSSR count). The molecule has 0 saturated heterocycles. The Bertz CT molecular complexity index is 732. The van der Waals surface area contributed by atoms with Crippen LogP contribution in [0.5, 0.6) is 0 Å². The molecule has 0 aliphatic carbocycles. The van der Waals surface area contributed by atoms with Gasteiger partial charge in [0.05, 0.1) is 0 Å². The van der Waals surface area contributed by atoms with Crippen molar-refractivity contribution in [3.63, 3.8) is 0 Å². The predicted molar refractivity (Wildman–Crippen MR) is 103 cm³/mol. The fourth-order valence-electron chi connectivity index (χ4n) is 2.46. The summed E-state index contributed by atoms with van der Waals surface area (Å²) in [4.78, 5) is 4.36. The summed E-state index contributed by atoms with van der Waals surface area (Å²) in [6, 6.07) is 20.6. The van der Waals surface area contributed by atoms with E-state index in [0.717, 1.165) is 10.2 Å². The topological polar surface area (TPSA) is 38.4 Å². The lowest BCUT2D eigenvalue weighted by Crippen LogP contribution is -2.11. The molecule has 1 aliphatic rings. The van der Waals surface area contributed by atoms with Crippen molar-refractivity contribution in [1.82, 2.24) is 0 Å². The minimum absolute atomic E-state index is 0. The lowest BCUT2D eigenvalue weighted by atomic mass is 9.92. The second-order valence-electron chi connectivity index (χ2n) is 4.87. The van der Waals surface area contributed by atoms with Crippen molar-refractivity contribution in [3.05, 3.63) is 82.5 Å². The zero-order valence-electron chi connectivity index (χ0n) is 11.9. The third-order valence-electron chi connectivity index (χ3n) is 3.40. The summed E-state index contributed by atoms with van der Waals surface area (Å²) in [5.74, 6) is 0.614. The first-order valence-electron chi connectivity index (χ1n) is 6.78. The number of hydrogen-bond acceptors (Lipinski definition) is 2. The fourth-order valence-corrected chi connectivity index (χ4v) is 2.92. The summed E-state index contributed by atoms with van der Waals surface area (Å²) >= 11 is 3.48. The van der Waals surface area contributed by atoms with E-state index < -0.39 is 0 Å². The van der Waals surface area contributed by atoms with E-state index in [2.05, 4.69) is 45.2 Å². The van der Waals surface area contributed by atoms with Crippen molar-refractivity contribution in [1.29, 1.82) is 0 Å². The Labute approximate surface area is 149 Å². The number of rotatable bonds is 2. The molecule has 2 nitrogen and oxygen atoms in total. The number of aliphatic imine (C=N–C) groups is 1. The quantitative estimate of drug-likeness (QED) is 0.669. The first-order chi connectivity index (χ1) is 10.2. The number of amidine groups is 1. The van der Waals surface area contributed by atoms with Crippen molar-refractivity contribution in [2.75, 3.05) is 0 Å². The zero-order valence-corrected chi connectivity index (χ0v) is 15.2. The lowest BCUT2D eigenvalue weighted by Gasteiger charge is -2.12. The van der Waals surface area contributed by atoms with Crippen LogP contribution in [0.15, 0.2) is 76.3 Å². The van der Waals surface area contributed by atoms with Crippen molar-refractivity contribution in [3.8, 4) is 0 Å². The van der Waals surface area contributed by atoms with Gasteiger partial charge in [-0.05, 0) is 44.3 Å². The Morgan fingerprint density at radius 1 is 0.864 bits per heavy atom. The molecule has 4 heteroatoms. The number of nitrogens with two attached hydrogens (primary N) is 1. The van der Waals surface area contributed by atoms with Crippen LogP contribution in [0, 0.1) is 0 Å². The third-order valence-corrected chi connectivity index (χ3v) is 3.81. The van der Waals surface area contributed by atoms with Gasteiger partial charge in [0, 0.05) is 6.42 Å². The molecule has 2 aromatic rings. The van der Waals surface area contributed by atoms with Crippen LogP contribution in [-0.4, -0.2) is 5.84 Å². The predicted octanol–water partition coefficient (Wildman–Crippen LogP) is 5.17. The lowest BCUT2D eigenvalue weighted by molar-refractivity contribution is 1.37. The standard InChI is InChI=1S/C18H15BrN2.BrH/c19-17-11-15(13-7-3-1-4-8-13)16(12-18(20)21-17)14-9-5-2-6-10-14;/h1-11H,12H2,(H2,20,21);1H. The van der Waals surface area contributed by atoms with Crippen LogP contribution in [0.2, 0.25) is 0 Å². The van der Waals surface area contributed by atoms with Crippen molar-refractivity contribution in [2.45, 2.75) is 6.42 Å². The monoisotopic (exact) mass is 418 g/mol. The first-order valence-corrected chi connectivity index (χ1v) is 7.57.